The Kier molecular flexibility index (Phi) is 6.50. The summed E-state index contributed by atoms with van der Waals surface area (Å²) in [5.41, 5.74) is 4.78. The molecule has 2 fully saturated rings. The average molecular weight is 477 g/mol. The molecule has 35 heavy (non-hydrogen) atoms. The Morgan fingerprint density at radius 3 is 2.20 bits per heavy atom. The lowest BCUT2D eigenvalue weighted by molar-refractivity contribution is -0.141. The van der Waals surface area contributed by atoms with Gasteiger partial charge in [-0.25, -0.2) is 4.79 Å². The van der Waals surface area contributed by atoms with E-state index >= 15 is 0 Å². The van der Waals surface area contributed by atoms with Gasteiger partial charge in [0.15, 0.2) is 0 Å². The monoisotopic (exact) mass is 476 g/mol. The molecule has 184 valence electrons. The fraction of sp³-hybridized carbons (Fsp3) is 0.464. The molecule has 0 bridgehead atoms. The number of hydrogen-bond donors (Lipinski definition) is 2. The second-order valence-electron chi connectivity index (χ2n) is 10.2. The number of alkyl carbamates (subject to hydrolysis) is 1. The number of hydrogen-bond acceptors (Lipinski definition) is 4. The largest absolute Gasteiger partial charge is 0.481 e. The summed E-state index contributed by atoms with van der Waals surface area (Å²) in [7, 11) is 0. The van der Waals surface area contributed by atoms with E-state index in [-0.39, 0.29) is 35.5 Å². The fourth-order valence-electron chi connectivity index (χ4n) is 5.84. The number of likely N-dealkylation sites (tertiary alicyclic amines) is 1. The van der Waals surface area contributed by atoms with Crippen LogP contribution in [0, 0.1) is 23.7 Å². The van der Waals surface area contributed by atoms with E-state index in [4.69, 9.17) is 9.84 Å². The number of amides is 2. The molecule has 2 aromatic carbocycles. The summed E-state index contributed by atoms with van der Waals surface area (Å²) in [6, 6.07) is 16.5. The maximum Gasteiger partial charge on any atom is 0.407 e. The van der Waals surface area contributed by atoms with Crippen molar-refractivity contribution in [1.82, 2.24) is 10.2 Å². The second kappa shape index (κ2) is 9.72. The van der Waals surface area contributed by atoms with Crippen molar-refractivity contribution in [2.24, 2.45) is 23.7 Å². The van der Waals surface area contributed by atoms with Crippen LogP contribution in [0.4, 0.5) is 4.79 Å². The Morgan fingerprint density at radius 1 is 1.00 bits per heavy atom. The van der Waals surface area contributed by atoms with Crippen LogP contribution in [0.5, 0.6) is 0 Å². The van der Waals surface area contributed by atoms with Gasteiger partial charge in [0.05, 0.1) is 5.92 Å². The first-order valence-electron chi connectivity index (χ1n) is 12.5. The number of rotatable bonds is 9. The molecule has 3 unspecified atom stereocenters. The van der Waals surface area contributed by atoms with E-state index in [9.17, 15) is 14.4 Å². The number of benzene rings is 2. The van der Waals surface area contributed by atoms with Crippen LogP contribution >= 0.6 is 0 Å². The quantitative estimate of drug-likeness (QED) is 0.568. The first kappa shape index (κ1) is 23.4. The number of carbonyl (C=O) groups is 3. The van der Waals surface area contributed by atoms with E-state index in [1.807, 2.05) is 29.2 Å². The SMILES string of the molecule is CC(CCNC(=O)OCC1c2ccccc2-c2ccccc21)CCC(=O)N1CC2C(C1)C2C(=O)O. The van der Waals surface area contributed by atoms with E-state index < -0.39 is 12.1 Å². The molecular weight excluding hydrogens is 444 g/mol. The van der Waals surface area contributed by atoms with Crippen LogP contribution in [0.25, 0.3) is 11.1 Å². The molecule has 2 amide bonds. The van der Waals surface area contributed by atoms with E-state index in [0.29, 0.717) is 32.7 Å². The predicted molar refractivity (Wildman–Crippen MR) is 131 cm³/mol. The van der Waals surface area contributed by atoms with Crippen LogP contribution in [0.15, 0.2) is 48.5 Å². The van der Waals surface area contributed by atoms with Crippen molar-refractivity contribution in [3.05, 3.63) is 59.7 Å². The van der Waals surface area contributed by atoms with E-state index in [1.165, 1.54) is 22.3 Å². The van der Waals surface area contributed by atoms with Crippen molar-refractivity contribution in [3.8, 4) is 11.1 Å². The number of nitrogens with one attached hydrogen (secondary N) is 1. The zero-order chi connectivity index (χ0) is 24.5. The predicted octanol–water partition coefficient (Wildman–Crippen LogP) is 4.12. The number of carboxylic acids is 1. The van der Waals surface area contributed by atoms with Gasteiger partial charge in [0.1, 0.15) is 6.61 Å². The number of aliphatic carboxylic acids is 1. The smallest absolute Gasteiger partial charge is 0.407 e. The molecule has 5 rings (SSSR count). The molecule has 0 radical (unpaired) electrons. The summed E-state index contributed by atoms with van der Waals surface area (Å²) < 4.78 is 5.57. The maximum absolute atomic E-state index is 12.4. The molecule has 2 aromatic rings. The van der Waals surface area contributed by atoms with Gasteiger partial charge in [0.25, 0.3) is 0 Å². The summed E-state index contributed by atoms with van der Waals surface area (Å²) in [6.07, 6.45) is 1.56. The van der Waals surface area contributed by atoms with E-state index in [2.05, 4.69) is 36.5 Å². The van der Waals surface area contributed by atoms with Gasteiger partial charge in [-0.2, -0.15) is 0 Å². The third kappa shape index (κ3) is 4.77. The Morgan fingerprint density at radius 2 is 1.60 bits per heavy atom. The van der Waals surface area contributed by atoms with Crippen LogP contribution < -0.4 is 5.32 Å². The number of carboxylic acid groups (broad SMARTS) is 1. The molecular formula is C28H32N2O5. The van der Waals surface area contributed by atoms with Crippen LogP contribution in [-0.2, 0) is 14.3 Å². The molecule has 1 saturated carbocycles. The van der Waals surface area contributed by atoms with Gasteiger partial charge in [-0.15, -0.1) is 0 Å². The third-order valence-electron chi connectivity index (χ3n) is 7.93. The van der Waals surface area contributed by atoms with Crippen molar-refractivity contribution in [3.63, 3.8) is 0 Å². The summed E-state index contributed by atoms with van der Waals surface area (Å²) in [6.45, 7) is 4.04. The van der Waals surface area contributed by atoms with Crippen molar-refractivity contribution in [2.45, 2.75) is 32.1 Å². The molecule has 2 aliphatic carbocycles. The van der Waals surface area contributed by atoms with Crippen molar-refractivity contribution < 1.29 is 24.2 Å². The van der Waals surface area contributed by atoms with E-state index in [0.717, 1.165) is 12.8 Å². The lowest BCUT2D eigenvalue weighted by Crippen LogP contribution is -2.32. The minimum absolute atomic E-state index is 0.0421. The van der Waals surface area contributed by atoms with Crippen LogP contribution in [-0.4, -0.2) is 54.2 Å². The first-order chi connectivity index (χ1) is 16.9. The van der Waals surface area contributed by atoms with Gasteiger partial charge < -0.3 is 20.1 Å². The molecule has 7 heteroatoms. The fourth-order valence-corrected chi connectivity index (χ4v) is 5.84. The molecule has 3 atom stereocenters. The number of fused-ring (bicyclic) bond motifs is 4. The highest BCUT2D eigenvalue weighted by atomic mass is 16.5. The zero-order valence-corrected chi connectivity index (χ0v) is 20.0. The van der Waals surface area contributed by atoms with Crippen LogP contribution in [0.1, 0.15) is 43.2 Å². The molecule has 2 N–H and O–H groups in total. The standard InChI is InChI=1S/C28H32N2O5/c1-17(10-11-25(31)30-14-22-23(15-30)26(22)27(32)33)12-13-29-28(34)35-16-24-20-8-4-2-6-18(20)19-7-3-5-9-21(19)24/h2-9,17,22-24,26H,10-16H2,1H3,(H,29,34)(H,32,33). The zero-order valence-electron chi connectivity index (χ0n) is 20.0. The number of piperidine rings is 1. The normalized spacial score (nSPS) is 22.7. The molecule has 1 aliphatic heterocycles. The molecule has 1 saturated heterocycles. The minimum atomic E-state index is -0.732. The number of carbonyl (C=O) groups excluding carboxylic acids is 2. The Hall–Kier alpha value is -3.35. The van der Waals surface area contributed by atoms with E-state index in [1.54, 1.807) is 0 Å². The highest BCUT2D eigenvalue weighted by molar-refractivity contribution is 5.80. The topological polar surface area (TPSA) is 95.9 Å². The van der Waals surface area contributed by atoms with Crippen molar-refractivity contribution >= 4 is 18.0 Å². The maximum atomic E-state index is 12.4. The molecule has 3 aliphatic rings. The van der Waals surface area contributed by atoms with Crippen molar-refractivity contribution in [1.29, 1.82) is 0 Å². The summed E-state index contributed by atoms with van der Waals surface area (Å²) in [4.78, 5) is 37.7. The minimum Gasteiger partial charge on any atom is -0.481 e. The summed E-state index contributed by atoms with van der Waals surface area (Å²) in [5.74, 6) is -0.243. The highest BCUT2D eigenvalue weighted by Crippen LogP contribution is 2.51. The number of nitrogens with zero attached hydrogens (tertiary/aromatic N) is 1. The van der Waals surface area contributed by atoms with Gasteiger partial charge >= 0.3 is 12.1 Å². The number of ether oxygens (including phenoxy) is 1. The van der Waals surface area contributed by atoms with Gasteiger partial charge in [-0.05, 0) is 52.8 Å². The summed E-state index contributed by atoms with van der Waals surface area (Å²) in [5, 5.41) is 11.9. The Balaban J connectivity index is 1.00. The Labute approximate surface area is 205 Å². The average Bonchev–Trinajstić information content (AvgIpc) is 3.20. The molecule has 0 aromatic heterocycles. The highest BCUT2D eigenvalue weighted by Gasteiger charge is 2.60. The Bertz CT molecular complexity index is 1070. The van der Waals surface area contributed by atoms with Gasteiger partial charge in [0, 0.05) is 32.0 Å². The van der Waals surface area contributed by atoms with Gasteiger partial charge in [0.2, 0.25) is 5.91 Å². The van der Waals surface area contributed by atoms with Crippen LogP contribution in [0.2, 0.25) is 0 Å². The second-order valence-corrected chi connectivity index (χ2v) is 10.2. The van der Waals surface area contributed by atoms with Gasteiger partial charge in [-0.3, -0.25) is 9.59 Å². The lowest BCUT2D eigenvalue weighted by Gasteiger charge is -2.20. The first-order valence-corrected chi connectivity index (χ1v) is 12.5. The lowest BCUT2D eigenvalue weighted by atomic mass is 9.98. The van der Waals surface area contributed by atoms with Crippen molar-refractivity contribution in [2.75, 3.05) is 26.2 Å². The molecule has 0 spiro atoms. The summed E-state index contributed by atoms with van der Waals surface area (Å²) >= 11 is 0. The van der Waals surface area contributed by atoms with Crippen LogP contribution in [0.3, 0.4) is 0 Å². The van der Waals surface area contributed by atoms with Gasteiger partial charge in [-0.1, -0.05) is 55.5 Å². The third-order valence-corrected chi connectivity index (χ3v) is 7.93. The molecule has 7 nitrogen and oxygen atoms in total. The molecule has 1 heterocycles.